The van der Waals surface area contributed by atoms with Gasteiger partial charge in [0.05, 0.1) is 11.7 Å². The van der Waals surface area contributed by atoms with E-state index in [1.54, 1.807) is 0 Å². The molecular formula is C18H25NO3. The van der Waals surface area contributed by atoms with Crippen molar-refractivity contribution in [3.63, 3.8) is 0 Å². The highest BCUT2D eigenvalue weighted by molar-refractivity contribution is 5.97. The van der Waals surface area contributed by atoms with E-state index >= 15 is 0 Å². The van der Waals surface area contributed by atoms with Crippen LogP contribution in [-0.4, -0.2) is 43.2 Å². The van der Waals surface area contributed by atoms with E-state index in [9.17, 15) is 4.79 Å². The van der Waals surface area contributed by atoms with Gasteiger partial charge in [-0.1, -0.05) is 19.1 Å². The summed E-state index contributed by atoms with van der Waals surface area (Å²) in [5, 5.41) is 0. The van der Waals surface area contributed by atoms with Gasteiger partial charge in [-0.05, 0) is 43.7 Å². The number of hydrogen-bond acceptors (Lipinski definition) is 3. The van der Waals surface area contributed by atoms with Crippen LogP contribution in [0.5, 0.6) is 5.75 Å². The molecule has 4 heteroatoms. The Morgan fingerprint density at radius 1 is 1.27 bits per heavy atom. The lowest BCUT2D eigenvalue weighted by Crippen LogP contribution is -2.38. The molecule has 2 heterocycles. The van der Waals surface area contributed by atoms with Crippen LogP contribution in [0, 0.1) is 5.92 Å². The molecular weight excluding hydrogens is 278 g/mol. The minimum atomic E-state index is 0.0924. The second-order valence-corrected chi connectivity index (χ2v) is 6.42. The minimum Gasteiger partial charge on any atom is -0.490 e. The molecule has 120 valence electrons. The second-order valence-electron chi connectivity index (χ2n) is 6.42. The highest BCUT2D eigenvalue weighted by Gasteiger charge is 2.24. The zero-order chi connectivity index (χ0) is 15.4. The van der Waals surface area contributed by atoms with Crippen LogP contribution >= 0.6 is 0 Å². The number of nitrogens with zero attached hydrogens (tertiary/aromatic N) is 1. The van der Waals surface area contributed by atoms with Crippen molar-refractivity contribution < 1.29 is 14.3 Å². The van der Waals surface area contributed by atoms with Crippen LogP contribution in [-0.2, 0) is 4.74 Å². The zero-order valence-corrected chi connectivity index (χ0v) is 13.3. The summed E-state index contributed by atoms with van der Waals surface area (Å²) in [5.74, 6) is 1.49. The van der Waals surface area contributed by atoms with Gasteiger partial charge in [0.15, 0.2) is 0 Å². The van der Waals surface area contributed by atoms with Crippen molar-refractivity contribution in [3.8, 4) is 5.75 Å². The molecule has 1 aromatic rings. The van der Waals surface area contributed by atoms with E-state index in [1.165, 1.54) is 0 Å². The third-order valence-corrected chi connectivity index (χ3v) is 4.64. The van der Waals surface area contributed by atoms with Gasteiger partial charge in [0.1, 0.15) is 12.4 Å². The van der Waals surface area contributed by atoms with Gasteiger partial charge in [0, 0.05) is 19.7 Å². The fourth-order valence-corrected chi connectivity index (χ4v) is 3.11. The van der Waals surface area contributed by atoms with E-state index in [0.29, 0.717) is 17.9 Å². The molecule has 0 saturated carbocycles. The van der Waals surface area contributed by atoms with Gasteiger partial charge in [-0.3, -0.25) is 4.79 Å². The maximum Gasteiger partial charge on any atom is 0.257 e. The quantitative estimate of drug-likeness (QED) is 0.858. The van der Waals surface area contributed by atoms with E-state index in [-0.39, 0.29) is 12.0 Å². The molecule has 0 spiro atoms. The normalized spacial score (nSPS) is 22.8. The number of amides is 1. The molecule has 1 amide bonds. The first-order valence-electron chi connectivity index (χ1n) is 8.37. The Balaban J connectivity index is 1.65. The summed E-state index contributed by atoms with van der Waals surface area (Å²) in [6.45, 7) is 5.29. The molecule has 3 rings (SSSR count). The van der Waals surface area contributed by atoms with Crippen LogP contribution in [0.15, 0.2) is 24.3 Å². The van der Waals surface area contributed by atoms with Crippen LogP contribution in [0.3, 0.4) is 0 Å². The topological polar surface area (TPSA) is 38.8 Å². The van der Waals surface area contributed by atoms with Gasteiger partial charge in [-0.25, -0.2) is 0 Å². The van der Waals surface area contributed by atoms with Gasteiger partial charge >= 0.3 is 0 Å². The van der Waals surface area contributed by atoms with Gasteiger partial charge in [-0.2, -0.15) is 0 Å². The summed E-state index contributed by atoms with van der Waals surface area (Å²) in [5.41, 5.74) is 0.676. The molecule has 2 saturated heterocycles. The number of hydrogen-bond donors (Lipinski definition) is 0. The molecule has 1 atom stereocenters. The number of ether oxygens (including phenoxy) is 2. The minimum absolute atomic E-state index is 0.0924. The van der Waals surface area contributed by atoms with Crippen molar-refractivity contribution in [2.45, 2.75) is 38.7 Å². The standard InChI is InChI=1S/C18H25NO3/c1-14-8-10-19(11-9-14)18(20)16-6-2-3-7-17(16)22-13-15-5-4-12-21-15/h2-3,6-7,14-15H,4-5,8-13H2,1H3. The fraction of sp³-hybridized carbons (Fsp3) is 0.611. The van der Waals surface area contributed by atoms with Gasteiger partial charge < -0.3 is 14.4 Å². The summed E-state index contributed by atoms with van der Waals surface area (Å²) in [4.78, 5) is 14.7. The van der Waals surface area contributed by atoms with Crippen molar-refractivity contribution in [1.82, 2.24) is 4.90 Å². The van der Waals surface area contributed by atoms with E-state index < -0.39 is 0 Å². The molecule has 2 aliphatic rings. The lowest BCUT2D eigenvalue weighted by Gasteiger charge is -2.30. The summed E-state index contributed by atoms with van der Waals surface area (Å²) in [6, 6.07) is 7.57. The number of rotatable bonds is 4. The van der Waals surface area contributed by atoms with E-state index in [2.05, 4.69) is 6.92 Å². The van der Waals surface area contributed by atoms with E-state index in [0.717, 1.165) is 51.3 Å². The Morgan fingerprint density at radius 3 is 2.77 bits per heavy atom. The first-order valence-corrected chi connectivity index (χ1v) is 8.37. The van der Waals surface area contributed by atoms with Crippen molar-refractivity contribution in [2.75, 3.05) is 26.3 Å². The first-order chi connectivity index (χ1) is 10.7. The van der Waals surface area contributed by atoms with Gasteiger partial charge in [0.2, 0.25) is 0 Å². The third-order valence-electron chi connectivity index (χ3n) is 4.64. The number of likely N-dealkylation sites (tertiary alicyclic amines) is 1. The van der Waals surface area contributed by atoms with Crippen LogP contribution in [0.1, 0.15) is 43.0 Å². The molecule has 0 aromatic heterocycles. The molecule has 0 bridgehead atoms. The second kappa shape index (κ2) is 7.14. The highest BCUT2D eigenvalue weighted by atomic mass is 16.5. The molecule has 1 unspecified atom stereocenters. The maximum absolute atomic E-state index is 12.7. The zero-order valence-electron chi connectivity index (χ0n) is 13.3. The molecule has 2 fully saturated rings. The average molecular weight is 303 g/mol. The fourth-order valence-electron chi connectivity index (χ4n) is 3.11. The molecule has 1 aromatic carbocycles. The number of carbonyl (C=O) groups excluding carboxylic acids is 1. The lowest BCUT2D eigenvalue weighted by molar-refractivity contribution is 0.0632. The third kappa shape index (κ3) is 3.61. The molecule has 4 nitrogen and oxygen atoms in total. The van der Waals surface area contributed by atoms with Crippen LogP contribution in [0.2, 0.25) is 0 Å². The Bertz CT molecular complexity index is 503. The summed E-state index contributed by atoms with van der Waals surface area (Å²) < 4.78 is 11.5. The predicted octanol–water partition coefficient (Wildman–Crippen LogP) is 3.12. The Kier molecular flexibility index (Phi) is 4.98. The molecule has 0 aliphatic carbocycles. The van der Waals surface area contributed by atoms with Crippen LogP contribution < -0.4 is 4.74 Å². The first kappa shape index (κ1) is 15.3. The molecule has 0 radical (unpaired) electrons. The Morgan fingerprint density at radius 2 is 2.05 bits per heavy atom. The number of piperidine rings is 1. The average Bonchev–Trinajstić information content (AvgIpc) is 3.07. The van der Waals surface area contributed by atoms with Gasteiger partial charge in [-0.15, -0.1) is 0 Å². The monoisotopic (exact) mass is 303 g/mol. The lowest BCUT2D eigenvalue weighted by atomic mass is 9.98. The number of benzene rings is 1. The number of para-hydroxylation sites is 1. The molecule has 0 N–H and O–H groups in total. The summed E-state index contributed by atoms with van der Waals surface area (Å²) in [6.07, 6.45) is 4.48. The summed E-state index contributed by atoms with van der Waals surface area (Å²) >= 11 is 0. The predicted molar refractivity (Wildman–Crippen MR) is 85.2 cm³/mol. The van der Waals surface area contributed by atoms with E-state index in [1.807, 2.05) is 29.2 Å². The highest BCUT2D eigenvalue weighted by Crippen LogP contribution is 2.24. The molecule has 22 heavy (non-hydrogen) atoms. The summed E-state index contributed by atoms with van der Waals surface area (Å²) in [7, 11) is 0. The molecule has 2 aliphatic heterocycles. The number of carbonyl (C=O) groups is 1. The van der Waals surface area contributed by atoms with Crippen molar-refractivity contribution >= 4 is 5.91 Å². The maximum atomic E-state index is 12.7. The van der Waals surface area contributed by atoms with Crippen molar-refractivity contribution in [3.05, 3.63) is 29.8 Å². The Labute approximate surface area is 132 Å². The van der Waals surface area contributed by atoms with Crippen molar-refractivity contribution in [1.29, 1.82) is 0 Å². The van der Waals surface area contributed by atoms with Crippen LogP contribution in [0.4, 0.5) is 0 Å². The van der Waals surface area contributed by atoms with E-state index in [4.69, 9.17) is 9.47 Å². The Hall–Kier alpha value is -1.55. The van der Waals surface area contributed by atoms with Gasteiger partial charge in [0.25, 0.3) is 5.91 Å². The smallest absolute Gasteiger partial charge is 0.257 e. The van der Waals surface area contributed by atoms with Crippen molar-refractivity contribution in [2.24, 2.45) is 5.92 Å². The van der Waals surface area contributed by atoms with Crippen LogP contribution in [0.25, 0.3) is 0 Å². The largest absolute Gasteiger partial charge is 0.490 e. The SMILES string of the molecule is CC1CCN(C(=O)c2ccccc2OCC2CCCO2)CC1.